The van der Waals surface area contributed by atoms with Gasteiger partial charge in [-0.05, 0) is 30.6 Å². The lowest BCUT2D eigenvalue weighted by molar-refractivity contribution is 0.251. The van der Waals surface area contributed by atoms with E-state index < -0.39 is 29.2 Å². The summed E-state index contributed by atoms with van der Waals surface area (Å²) in [6, 6.07) is 0. The first-order valence-corrected chi connectivity index (χ1v) is 7.28. The maximum absolute atomic E-state index is 13.6. The quantitative estimate of drug-likeness (QED) is 0.632. The highest BCUT2D eigenvalue weighted by molar-refractivity contribution is 5.45. The first-order chi connectivity index (χ1) is 9.84. The standard InChI is InChI=1S/C15H20F4N2/c1-9(2)7-15(5-3-4-6-15)8-20-12-10(16)13(18)21-14(19)11(12)17/h9H,3-8H2,1-2H3,(H,20,21). The third-order valence-electron chi connectivity index (χ3n) is 4.14. The molecule has 1 saturated carbocycles. The van der Waals surface area contributed by atoms with Crippen LogP contribution in [0.1, 0.15) is 46.0 Å². The molecule has 0 amide bonds. The molecule has 118 valence electrons. The predicted molar refractivity (Wildman–Crippen MR) is 72.9 cm³/mol. The SMILES string of the molecule is CC(C)CC1(CNc2c(F)c(F)nc(F)c2F)CCCC1. The summed E-state index contributed by atoms with van der Waals surface area (Å²) >= 11 is 0. The highest BCUT2D eigenvalue weighted by atomic mass is 19.2. The maximum Gasteiger partial charge on any atom is 0.253 e. The largest absolute Gasteiger partial charge is 0.379 e. The Labute approximate surface area is 122 Å². The highest BCUT2D eigenvalue weighted by Crippen LogP contribution is 2.43. The van der Waals surface area contributed by atoms with Gasteiger partial charge in [0.2, 0.25) is 11.6 Å². The molecular weight excluding hydrogens is 284 g/mol. The topological polar surface area (TPSA) is 24.9 Å². The molecule has 1 fully saturated rings. The third-order valence-corrected chi connectivity index (χ3v) is 4.14. The predicted octanol–water partition coefficient (Wildman–Crippen LogP) is 4.66. The van der Waals surface area contributed by atoms with Crippen molar-refractivity contribution in [3.63, 3.8) is 0 Å². The van der Waals surface area contributed by atoms with E-state index in [4.69, 9.17) is 0 Å². The van der Waals surface area contributed by atoms with Crippen LogP contribution in [0.4, 0.5) is 23.2 Å². The Balaban J connectivity index is 2.18. The molecule has 1 aromatic heterocycles. The van der Waals surface area contributed by atoms with Crippen LogP contribution in [0.2, 0.25) is 0 Å². The molecule has 0 atom stereocenters. The van der Waals surface area contributed by atoms with Crippen LogP contribution in [0.15, 0.2) is 0 Å². The minimum Gasteiger partial charge on any atom is -0.379 e. The molecule has 0 saturated heterocycles. The summed E-state index contributed by atoms with van der Waals surface area (Å²) in [4.78, 5) is 2.56. The average Bonchev–Trinajstić information content (AvgIpc) is 2.84. The van der Waals surface area contributed by atoms with E-state index in [2.05, 4.69) is 24.1 Å². The van der Waals surface area contributed by atoms with Gasteiger partial charge < -0.3 is 5.32 Å². The average molecular weight is 304 g/mol. The second-order valence-corrected chi connectivity index (χ2v) is 6.36. The fourth-order valence-electron chi connectivity index (χ4n) is 3.36. The number of aromatic nitrogens is 1. The lowest BCUT2D eigenvalue weighted by atomic mass is 9.78. The maximum atomic E-state index is 13.6. The first kappa shape index (κ1) is 16.0. The van der Waals surface area contributed by atoms with Gasteiger partial charge in [-0.3, -0.25) is 0 Å². The Hall–Kier alpha value is -1.33. The van der Waals surface area contributed by atoms with Gasteiger partial charge >= 0.3 is 0 Å². The van der Waals surface area contributed by atoms with E-state index in [1.165, 1.54) is 0 Å². The van der Waals surface area contributed by atoms with E-state index in [9.17, 15) is 17.6 Å². The minimum atomic E-state index is -1.62. The number of pyridine rings is 1. The molecule has 21 heavy (non-hydrogen) atoms. The molecule has 2 rings (SSSR count). The van der Waals surface area contributed by atoms with E-state index in [0.29, 0.717) is 12.5 Å². The lowest BCUT2D eigenvalue weighted by Gasteiger charge is -2.31. The Morgan fingerprint density at radius 3 is 2.05 bits per heavy atom. The molecule has 0 radical (unpaired) electrons. The zero-order valence-electron chi connectivity index (χ0n) is 12.3. The zero-order chi connectivity index (χ0) is 15.6. The van der Waals surface area contributed by atoms with E-state index in [1.54, 1.807) is 0 Å². The van der Waals surface area contributed by atoms with Crippen LogP contribution >= 0.6 is 0 Å². The van der Waals surface area contributed by atoms with Crippen molar-refractivity contribution in [2.75, 3.05) is 11.9 Å². The van der Waals surface area contributed by atoms with Crippen LogP contribution in [-0.4, -0.2) is 11.5 Å². The molecule has 1 aromatic rings. The Kier molecular flexibility index (Phi) is 4.74. The molecule has 1 N–H and O–H groups in total. The zero-order valence-corrected chi connectivity index (χ0v) is 12.3. The monoisotopic (exact) mass is 304 g/mol. The summed E-state index contributed by atoms with van der Waals surface area (Å²) < 4.78 is 53.4. The van der Waals surface area contributed by atoms with Crippen LogP contribution in [-0.2, 0) is 0 Å². The molecule has 1 aliphatic carbocycles. The summed E-state index contributed by atoms with van der Waals surface area (Å²) in [5, 5.41) is 2.58. The van der Waals surface area contributed by atoms with Gasteiger partial charge in [0.15, 0.2) is 0 Å². The molecule has 1 heterocycles. The number of halogens is 4. The molecular formula is C15H20F4N2. The normalized spacial score (nSPS) is 17.5. The number of hydrogen-bond acceptors (Lipinski definition) is 2. The fourth-order valence-corrected chi connectivity index (χ4v) is 3.36. The molecule has 0 unspecified atom stereocenters. The summed E-state index contributed by atoms with van der Waals surface area (Å²) in [5.41, 5.74) is -0.821. The lowest BCUT2D eigenvalue weighted by Crippen LogP contribution is -2.29. The molecule has 0 spiro atoms. The van der Waals surface area contributed by atoms with Crippen LogP contribution < -0.4 is 5.32 Å². The van der Waals surface area contributed by atoms with Gasteiger partial charge in [-0.2, -0.15) is 22.5 Å². The van der Waals surface area contributed by atoms with Crippen LogP contribution in [0.3, 0.4) is 0 Å². The summed E-state index contributed by atoms with van der Waals surface area (Å²) in [7, 11) is 0. The number of nitrogens with zero attached hydrogens (tertiary/aromatic N) is 1. The van der Waals surface area contributed by atoms with E-state index >= 15 is 0 Å². The number of anilines is 1. The summed E-state index contributed by atoms with van der Waals surface area (Å²) in [6.07, 6.45) is 4.96. The Morgan fingerprint density at radius 1 is 1.05 bits per heavy atom. The molecule has 1 aliphatic rings. The number of nitrogens with one attached hydrogen (secondary N) is 1. The van der Waals surface area contributed by atoms with Gasteiger partial charge in [0.1, 0.15) is 5.69 Å². The van der Waals surface area contributed by atoms with Crippen molar-refractivity contribution in [1.29, 1.82) is 0 Å². The van der Waals surface area contributed by atoms with Crippen LogP contribution in [0.25, 0.3) is 0 Å². The Bertz CT molecular complexity index is 485. The third kappa shape index (κ3) is 3.47. The molecule has 0 bridgehead atoms. The van der Waals surface area contributed by atoms with Crippen molar-refractivity contribution in [2.45, 2.75) is 46.0 Å². The van der Waals surface area contributed by atoms with Crippen molar-refractivity contribution in [3.8, 4) is 0 Å². The molecule has 0 aliphatic heterocycles. The van der Waals surface area contributed by atoms with Gasteiger partial charge in [0.25, 0.3) is 11.9 Å². The smallest absolute Gasteiger partial charge is 0.253 e. The van der Waals surface area contributed by atoms with Crippen molar-refractivity contribution >= 4 is 5.69 Å². The molecule has 2 nitrogen and oxygen atoms in total. The van der Waals surface area contributed by atoms with Crippen molar-refractivity contribution < 1.29 is 17.6 Å². The summed E-state index contributed by atoms with van der Waals surface area (Å²) in [6.45, 7) is 4.49. The second kappa shape index (κ2) is 6.20. The van der Waals surface area contributed by atoms with Crippen LogP contribution in [0.5, 0.6) is 0 Å². The van der Waals surface area contributed by atoms with E-state index in [1.807, 2.05) is 0 Å². The van der Waals surface area contributed by atoms with Gasteiger partial charge in [-0.25, -0.2) is 0 Å². The minimum absolute atomic E-state index is 0.0662. The molecule has 0 aromatic carbocycles. The fraction of sp³-hybridized carbons (Fsp3) is 0.667. The van der Waals surface area contributed by atoms with Gasteiger partial charge in [-0.15, -0.1) is 0 Å². The Morgan fingerprint density at radius 2 is 1.57 bits per heavy atom. The van der Waals surface area contributed by atoms with Gasteiger partial charge in [-0.1, -0.05) is 26.7 Å². The second-order valence-electron chi connectivity index (χ2n) is 6.36. The number of rotatable bonds is 5. The van der Waals surface area contributed by atoms with Crippen molar-refractivity contribution in [1.82, 2.24) is 4.98 Å². The van der Waals surface area contributed by atoms with Gasteiger partial charge in [0.05, 0.1) is 0 Å². The van der Waals surface area contributed by atoms with E-state index in [-0.39, 0.29) is 5.41 Å². The van der Waals surface area contributed by atoms with E-state index in [0.717, 1.165) is 32.1 Å². The first-order valence-electron chi connectivity index (χ1n) is 7.28. The summed E-state index contributed by atoms with van der Waals surface area (Å²) in [5.74, 6) is -5.73. The van der Waals surface area contributed by atoms with Crippen LogP contribution in [0, 0.1) is 34.9 Å². The highest BCUT2D eigenvalue weighted by Gasteiger charge is 2.35. The van der Waals surface area contributed by atoms with Crippen molar-refractivity contribution in [3.05, 3.63) is 23.5 Å². The van der Waals surface area contributed by atoms with Crippen molar-refractivity contribution in [2.24, 2.45) is 11.3 Å². The molecule has 6 heteroatoms. The number of hydrogen-bond donors (Lipinski definition) is 1. The van der Waals surface area contributed by atoms with Gasteiger partial charge in [0, 0.05) is 6.54 Å².